The maximum atomic E-state index is 13.1. The van der Waals surface area contributed by atoms with Crippen molar-refractivity contribution in [3.63, 3.8) is 0 Å². The minimum Gasteiger partial charge on any atom is -0.491 e. The minimum absolute atomic E-state index is 0.0390. The average Bonchev–Trinajstić information content (AvgIpc) is 3.14. The topological polar surface area (TPSA) is 113 Å². The molecule has 168 valence electrons. The Morgan fingerprint density at radius 2 is 1.88 bits per heavy atom. The van der Waals surface area contributed by atoms with Gasteiger partial charge in [-0.15, -0.1) is 11.3 Å². The van der Waals surface area contributed by atoms with Gasteiger partial charge >= 0.3 is 5.97 Å². The first-order valence-electron chi connectivity index (χ1n) is 9.99. The van der Waals surface area contributed by atoms with Gasteiger partial charge in [-0.05, 0) is 41.8 Å². The number of aliphatic hydroxyl groups is 1. The van der Waals surface area contributed by atoms with Crippen LogP contribution in [-0.2, 0) is 20.2 Å². The number of aliphatic hydroxyl groups excluding tert-OH is 1. The van der Waals surface area contributed by atoms with E-state index >= 15 is 0 Å². The fraction of sp³-hybridized carbons (Fsp3) is 0.261. The van der Waals surface area contributed by atoms with Crippen molar-refractivity contribution >= 4 is 27.3 Å². The molecular formula is C23H23NO6S2. The lowest BCUT2D eigenvalue weighted by atomic mass is 9.93. The van der Waals surface area contributed by atoms with Gasteiger partial charge < -0.3 is 14.9 Å². The second-order valence-corrected chi connectivity index (χ2v) is 10.9. The normalized spacial score (nSPS) is 22.4. The average molecular weight is 474 g/mol. The van der Waals surface area contributed by atoms with Crippen LogP contribution in [0.15, 0.2) is 70.9 Å². The van der Waals surface area contributed by atoms with Crippen LogP contribution in [-0.4, -0.2) is 43.4 Å². The lowest BCUT2D eigenvalue weighted by Gasteiger charge is -2.20. The Hall–Kier alpha value is -2.72. The summed E-state index contributed by atoms with van der Waals surface area (Å²) < 4.78 is 34.2. The summed E-state index contributed by atoms with van der Waals surface area (Å²) >= 11 is 1.05. The number of carboxylic acid groups (broad SMARTS) is 1. The number of carboxylic acids is 1. The van der Waals surface area contributed by atoms with E-state index in [0.717, 1.165) is 22.5 Å². The molecule has 0 spiro atoms. The molecule has 32 heavy (non-hydrogen) atoms. The molecule has 3 N–H and O–H groups in total. The van der Waals surface area contributed by atoms with Crippen LogP contribution in [0.1, 0.15) is 18.9 Å². The third-order valence-corrected chi connectivity index (χ3v) is 8.97. The molecule has 3 aromatic rings. The number of ether oxygens (including phenoxy) is 1. The lowest BCUT2D eigenvalue weighted by Crippen LogP contribution is -2.47. The molecule has 9 heteroatoms. The zero-order valence-electron chi connectivity index (χ0n) is 17.3. The number of carbonyl (C=O) groups is 1. The highest BCUT2D eigenvalue weighted by atomic mass is 32.2. The summed E-state index contributed by atoms with van der Waals surface area (Å²) in [6.45, 7) is 1.82. The molecule has 1 saturated carbocycles. The van der Waals surface area contributed by atoms with E-state index in [0.29, 0.717) is 10.6 Å². The SMILES string of the molecule is C[C@]1(c2ccccc2)C[C@@]1(NS(=O)(=O)c1ccc(-c2cccc(OCCO)c2)s1)C(=O)O. The first-order chi connectivity index (χ1) is 15.2. The fourth-order valence-corrected chi connectivity index (χ4v) is 6.70. The largest absolute Gasteiger partial charge is 0.491 e. The van der Waals surface area contributed by atoms with E-state index in [-0.39, 0.29) is 23.8 Å². The van der Waals surface area contributed by atoms with Crippen LogP contribution in [0.25, 0.3) is 10.4 Å². The summed E-state index contributed by atoms with van der Waals surface area (Å²) in [7, 11) is -4.07. The summed E-state index contributed by atoms with van der Waals surface area (Å²) in [6, 6.07) is 19.4. The van der Waals surface area contributed by atoms with Crippen molar-refractivity contribution in [2.24, 2.45) is 0 Å². The predicted octanol–water partition coefficient (Wildman–Crippen LogP) is 3.25. The number of nitrogens with one attached hydrogen (secondary N) is 1. The van der Waals surface area contributed by atoms with Crippen LogP contribution in [0.2, 0.25) is 0 Å². The quantitative estimate of drug-likeness (QED) is 0.440. The molecule has 1 aromatic heterocycles. The van der Waals surface area contributed by atoms with Gasteiger partial charge in [0.2, 0.25) is 0 Å². The van der Waals surface area contributed by atoms with Crippen molar-refractivity contribution in [1.82, 2.24) is 4.72 Å². The smallest absolute Gasteiger partial charge is 0.325 e. The first kappa shape index (κ1) is 22.5. The van der Waals surface area contributed by atoms with Crippen molar-refractivity contribution < 1.29 is 28.2 Å². The number of hydrogen-bond donors (Lipinski definition) is 3. The molecule has 0 saturated heterocycles. The highest BCUT2D eigenvalue weighted by molar-refractivity contribution is 7.91. The summed E-state index contributed by atoms with van der Waals surface area (Å²) in [6.07, 6.45) is 0.168. The molecule has 2 atom stereocenters. The van der Waals surface area contributed by atoms with E-state index in [4.69, 9.17) is 9.84 Å². The van der Waals surface area contributed by atoms with E-state index in [1.807, 2.05) is 36.4 Å². The second kappa shape index (κ2) is 8.32. The Bertz CT molecular complexity index is 1240. The van der Waals surface area contributed by atoms with Crippen molar-refractivity contribution in [3.05, 3.63) is 72.3 Å². The third kappa shape index (κ3) is 3.93. The molecule has 2 aromatic carbocycles. The standard InChI is InChI=1S/C23H23NO6S2/c1-22(17-7-3-2-4-8-17)15-23(22,21(26)27)24-32(28,29)20-11-10-19(31-20)16-6-5-9-18(14-16)30-13-12-25/h2-11,14,24-25H,12-13,15H2,1H3,(H,26,27)/t22-,23-/m1/s1. The van der Waals surface area contributed by atoms with E-state index in [9.17, 15) is 18.3 Å². The van der Waals surface area contributed by atoms with Gasteiger partial charge in [-0.1, -0.05) is 49.4 Å². The second-order valence-electron chi connectivity index (χ2n) is 7.91. The summed E-state index contributed by atoms with van der Waals surface area (Å²) in [5.74, 6) is -0.633. The van der Waals surface area contributed by atoms with Gasteiger partial charge in [0.25, 0.3) is 10.0 Å². The van der Waals surface area contributed by atoms with E-state index < -0.39 is 26.9 Å². The number of thiophene rings is 1. The molecule has 1 aliphatic carbocycles. The molecular weight excluding hydrogens is 450 g/mol. The Balaban J connectivity index is 1.60. The van der Waals surface area contributed by atoms with E-state index in [1.165, 1.54) is 6.07 Å². The van der Waals surface area contributed by atoms with Crippen molar-refractivity contribution in [2.75, 3.05) is 13.2 Å². The molecule has 0 unspecified atom stereocenters. The summed E-state index contributed by atoms with van der Waals surface area (Å²) in [5, 5.41) is 18.9. The Morgan fingerprint density at radius 1 is 1.12 bits per heavy atom. The zero-order chi connectivity index (χ0) is 23.0. The number of rotatable bonds is 9. The van der Waals surface area contributed by atoms with Gasteiger partial charge in [-0.25, -0.2) is 8.42 Å². The van der Waals surface area contributed by atoms with Gasteiger partial charge in [0.15, 0.2) is 0 Å². The Labute approximate surface area is 190 Å². The highest BCUT2D eigenvalue weighted by Crippen LogP contribution is 2.58. The maximum Gasteiger partial charge on any atom is 0.325 e. The van der Waals surface area contributed by atoms with Crippen LogP contribution < -0.4 is 9.46 Å². The molecule has 1 aliphatic rings. The third-order valence-electron chi connectivity index (χ3n) is 5.85. The van der Waals surface area contributed by atoms with Gasteiger partial charge in [0.05, 0.1) is 6.61 Å². The van der Waals surface area contributed by atoms with Crippen molar-refractivity contribution in [1.29, 1.82) is 0 Å². The fourth-order valence-electron chi connectivity index (χ4n) is 3.95. The first-order valence-corrected chi connectivity index (χ1v) is 12.3. The molecule has 0 bridgehead atoms. The molecule has 4 rings (SSSR count). The number of benzene rings is 2. The predicted molar refractivity (Wildman–Crippen MR) is 121 cm³/mol. The molecule has 0 aliphatic heterocycles. The number of hydrogen-bond acceptors (Lipinski definition) is 6. The van der Waals surface area contributed by atoms with Gasteiger partial charge in [-0.3, -0.25) is 4.79 Å². The molecule has 1 heterocycles. The van der Waals surface area contributed by atoms with Crippen molar-refractivity contribution in [2.45, 2.75) is 28.5 Å². The summed E-state index contributed by atoms with van der Waals surface area (Å²) in [4.78, 5) is 12.9. The van der Waals surface area contributed by atoms with Crippen LogP contribution >= 0.6 is 11.3 Å². The lowest BCUT2D eigenvalue weighted by molar-refractivity contribution is -0.140. The van der Waals surface area contributed by atoms with Gasteiger partial charge in [-0.2, -0.15) is 4.72 Å². The van der Waals surface area contributed by atoms with Crippen LogP contribution in [0.3, 0.4) is 0 Å². The zero-order valence-corrected chi connectivity index (χ0v) is 18.9. The van der Waals surface area contributed by atoms with Crippen molar-refractivity contribution in [3.8, 4) is 16.2 Å². The Kier molecular flexibility index (Phi) is 5.85. The van der Waals surface area contributed by atoms with Crippen LogP contribution in [0, 0.1) is 0 Å². The molecule has 7 nitrogen and oxygen atoms in total. The number of sulfonamides is 1. The molecule has 1 fully saturated rings. The highest BCUT2D eigenvalue weighted by Gasteiger charge is 2.72. The van der Waals surface area contributed by atoms with Crippen LogP contribution in [0.5, 0.6) is 5.75 Å². The molecule has 0 amide bonds. The molecule has 0 radical (unpaired) electrons. The monoisotopic (exact) mass is 473 g/mol. The number of aliphatic carboxylic acids is 1. The summed E-state index contributed by atoms with van der Waals surface area (Å²) in [5.41, 5.74) is -0.905. The van der Waals surface area contributed by atoms with Gasteiger partial charge in [0, 0.05) is 10.3 Å². The Morgan fingerprint density at radius 3 is 2.56 bits per heavy atom. The van der Waals surface area contributed by atoms with E-state index in [2.05, 4.69) is 4.72 Å². The van der Waals surface area contributed by atoms with Gasteiger partial charge in [0.1, 0.15) is 22.1 Å². The minimum atomic E-state index is -4.07. The van der Waals surface area contributed by atoms with Crippen LogP contribution in [0.4, 0.5) is 0 Å². The maximum absolute atomic E-state index is 13.1. The van der Waals surface area contributed by atoms with E-state index in [1.54, 1.807) is 31.2 Å².